The minimum atomic E-state index is 0. The Morgan fingerprint density at radius 3 is 1.00 bits per heavy atom. The summed E-state index contributed by atoms with van der Waals surface area (Å²) in [5.41, 5.74) is 0. The van der Waals surface area contributed by atoms with Gasteiger partial charge in [-0.15, -0.1) is 24.0 Å². The first-order chi connectivity index (χ1) is 1.73. The van der Waals surface area contributed by atoms with E-state index in [1.165, 1.54) is 0 Å². The molecule has 0 fully saturated rings. The van der Waals surface area contributed by atoms with Crippen molar-refractivity contribution in [3.05, 3.63) is 7.43 Å². The smallest absolute Gasteiger partial charge is 0.0379 e. The maximum atomic E-state index is 2.27. The van der Waals surface area contributed by atoms with Crippen molar-refractivity contribution < 1.29 is 19.5 Å². The van der Waals surface area contributed by atoms with Crippen LogP contribution >= 0.6 is 24.0 Å². The van der Waals surface area contributed by atoms with Crippen LogP contribution in [0.2, 0.25) is 19.6 Å². The maximum Gasteiger partial charge on any atom is 0.0379 e. The van der Waals surface area contributed by atoms with Gasteiger partial charge in [-0.2, -0.15) is 0 Å². The van der Waals surface area contributed by atoms with E-state index in [9.17, 15) is 0 Å². The zero-order chi connectivity index (χ0) is 3.58. The van der Waals surface area contributed by atoms with E-state index < -0.39 is 0 Å². The largest absolute Gasteiger partial charge is 0.358 e. The fourth-order valence-corrected chi connectivity index (χ4v) is 0. The zero-order valence-electron chi connectivity index (χ0n) is 5.62. The van der Waals surface area contributed by atoms with Gasteiger partial charge < -0.3 is 7.43 Å². The SMILES string of the molecule is C[Si](C)C.I.[CH3-].[Zn]. The molecule has 0 saturated carbocycles. The summed E-state index contributed by atoms with van der Waals surface area (Å²) >= 11 is 0. The number of halogens is 1. The molecule has 0 N–H and O–H groups in total. The average molecular weight is 282 g/mol. The molecule has 0 nitrogen and oxygen atoms in total. The van der Waals surface area contributed by atoms with Gasteiger partial charge in [-0.1, -0.05) is 19.6 Å². The molecule has 0 bridgehead atoms. The molecular formula is C4H13ISiZn-. The molecule has 0 saturated heterocycles. The second-order valence-electron chi connectivity index (χ2n) is 1.50. The predicted molar refractivity (Wildman–Crippen MR) is 45.2 cm³/mol. The average Bonchev–Trinajstić information content (AvgIpc) is 0.811. The Hall–Kier alpha value is 1.57. The van der Waals surface area contributed by atoms with E-state index in [2.05, 4.69) is 19.6 Å². The van der Waals surface area contributed by atoms with Gasteiger partial charge in [-0.25, -0.2) is 0 Å². The van der Waals surface area contributed by atoms with Crippen molar-refractivity contribution in [1.29, 1.82) is 0 Å². The van der Waals surface area contributed by atoms with Crippen molar-refractivity contribution in [3.63, 3.8) is 0 Å². The molecule has 0 amide bonds. The van der Waals surface area contributed by atoms with E-state index in [4.69, 9.17) is 0 Å². The van der Waals surface area contributed by atoms with Gasteiger partial charge in [0.1, 0.15) is 0 Å². The molecule has 0 heterocycles. The molecule has 0 aliphatic heterocycles. The van der Waals surface area contributed by atoms with Crippen LogP contribution in [0.5, 0.6) is 0 Å². The van der Waals surface area contributed by atoms with Crippen molar-refractivity contribution in [2.24, 2.45) is 0 Å². The quantitative estimate of drug-likeness (QED) is 0.363. The second-order valence-corrected chi connectivity index (χ2v) is 4.50. The fraction of sp³-hybridized carbons (Fsp3) is 0.750. The third-order valence-electron chi connectivity index (χ3n) is 0. The van der Waals surface area contributed by atoms with Crippen LogP contribution < -0.4 is 0 Å². The summed E-state index contributed by atoms with van der Waals surface area (Å²) in [6.45, 7) is 6.81. The Bertz CT molecular complexity index is 16.4. The monoisotopic (exact) mass is 280 g/mol. The van der Waals surface area contributed by atoms with Crippen molar-refractivity contribution in [2.45, 2.75) is 19.6 Å². The molecule has 7 heavy (non-hydrogen) atoms. The molecule has 0 aromatic carbocycles. The second kappa shape index (κ2) is 15.6. The third-order valence-corrected chi connectivity index (χ3v) is 0. The minimum absolute atomic E-state index is 0. The van der Waals surface area contributed by atoms with E-state index in [0.717, 1.165) is 0 Å². The first kappa shape index (κ1) is 23.5. The Morgan fingerprint density at radius 1 is 1.00 bits per heavy atom. The maximum absolute atomic E-state index is 2.27. The molecule has 0 unspecified atom stereocenters. The summed E-state index contributed by atoms with van der Waals surface area (Å²) in [5, 5.41) is 0. The summed E-state index contributed by atoms with van der Waals surface area (Å²) < 4.78 is 0. The van der Waals surface area contributed by atoms with Crippen molar-refractivity contribution in [2.75, 3.05) is 0 Å². The Morgan fingerprint density at radius 2 is 1.00 bits per heavy atom. The van der Waals surface area contributed by atoms with Gasteiger partial charge in [0.25, 0.3) is 0 Å². The fourth-order valence-electron chi connectivity index (χ4n) is 0. The van der Waals surface area contributed by atoms with Gasteiger partial charge in [0.05, 0.1) is 0 Å². The standard InChI is InChI=1S/C3H9Si.CH3.HI.Zn/c1-4(2)3;;;/h1-3H3;1H3;1H;/q;-1;;. The van der Waals surface area contributed by atoms with Gasteiger partial charge >= 0.3 is 0 Å². The third kappa shape index (κ3) is 95.3. The molecule has 0 aliphatic rings. The van der Waals surface area contributed by atoms with Crippen LogP contribution in [0.4, 0.5) is 0 Å². The van der Waals surface area contributed by atoms with Crippen LogP contribution in [0.3, 0.4) is 0 Å². The van der Waals surface area contributed by atoms with Crippen LogP contribution in [0, 0.1) is 7.43 Å². The van der Waals surface area contributed by atoms with Gasteiger partial charge in [-0.05, 0) is 0 Å². The molecule has 0 atom stereocenters. The Labute approximate surface area is 78.8 Å². The van der Waals surface area contributed by atoms with Crippen LogP contribution in [-0.4, -0.2) is 8.80 Å². The minimum Gasteiger partial charge on any atom is -0.358 e. The zero-order valence-corrected chi connectivity index (χ0v) is 11.9. The molecule has 43 valence electrons. The molecule has 0 aromatic rings. The summed E-state index contributed by atoms with van der Waals surface area (Å²) in [4.78, 5) is 0. The van der Waals surface area contributed by atoms with Crippen LogP contribution in [-0.2, 0) is 19.5 Å². The van der Waals surface area contributed by atoms with E-state index >= 15 is 0 Å². The molecule has 3 heteroatoms. The molecular weight excluding hydrogens is 268 g/mol. The normalized spacial score (nSPS) is 5.14. The Kier molecular flexibility index (Phi) is 52.6. The summed E-state index contributed by atoms with van der Waals surface area (Å²) in [6, 6.07) is 0. The van der Waals surface area contributed by atoms with E-state index in [1.54, 1.807) is 0 Å². The van der Waals surface area contributed by atoms with Gasteiger partial charge in [0.2, 0.25) is 0 Å². The van der Waals surface area contributed by atoms with E-state index in [1.807, 2.05) is 0 Å². The molecule has 0 spiro atoms. The van der Waals surface area contributed by atoms with Crippen LogP contribution in [0.25, 0.3) is 0 Å². The summed E-state index contributed by atoms with van der Waals surface area (Å²) in [5.74, 6) is 0. The first-order valence-electron chi connectivity index (χ1n) is 1.50. The summed E-state index contributed by atoms with van der Waals surface area (Å²) in [6.07, 6.45) is 0. The van der Waals surface area contributed by atoms with E-state index in [0.29, 0.717) is 0 Å². The van der Waals surface area contributed by atoms with Crippen LogP contribution in [0.1, 0.15) is 0 Å². The summed E-state index contributed by atoms with van der Waals surface area (Å²) in [7, 11) is 0.120. The first-order valence-corrected chi connectivity index (χ1v) is 4.50. The van der Waals surface area contributed by atoms with Crippen molar-refractivity contribution in [3.8, 4) is 0 Å². The molecule has 0 aliphatic carbocycles. The number of hydrogen-bond donors (Lipinski definition) is 0. The van der Waals surface area contributed by atoms with Gasteiger partial charge in [-0.3, -0.25) is 0 Å². The topological polar surface area (TPSA) is 0 Å². The van der Waals surface area contributed by atoms with Gasteiger partial charge in [0, 0.05) is 28.3 Å². The predicted octanol–water partition coefficient (Wildman–Crippen LogP) is 2.44. The van der Waals surface area contributed by atoms with Gasteiger partial charge in [0.15, 0.2) is 0 Å². The van der Waals surface area contributed by atoms with Crippen molar-refractivity contribution in [1.82, 2.24) is 0 Å². The molecule has 0 rings (SSSR count). The Balaban J connectivity index is -0.0000000150. The number of rotatable bonds is 0. The number of hydrogen-bond acceptors (Lipinski definition) is 0. The molecule has 0 aromatic heterocycles. The van der Waals surface area contributed by atoms with Crippen LogP contribution in [0.15, 0.2) is 0 Å². The van der Waals surface area contributed by atoms with Crippen molar-refractivity contribution >= 4 is 32.8 Å². The van der Waals surface area contributed by atoms with E-state index in [-0.39, 0.29) is 59.7 Å². The molecule has 1 radical (unpaired) electrons.